The van der Waals surface area contributed by atoms with Crippen molar-refractivity contribution in [2.75, 3.05) is 19.0 Å². The molecule has 0 amide bonds. The van der Waals surface area contributed by atoms with E-state index >= 15 is 0 Å². The number of aliphatic hydroxyl groups is 1. The summed E-state index contributed by atoms with van der Waals surface area (Å²) in [5.74, 6) is -0.705. The van der Waals surface area contributed by atoms with E-state index in [1.54, 1.807) is 0 Å². The average Bonchev–Trinajstić information content (AvgIpc) is 1.83. The van der Waals surface area contributed by atoms with E-state index in [-0.39, 0.29) is 42.4 Å². The Hall–Kier alpha value is 0.830. The van der Waals surface area contributed by atoms with E-state index in [1.807, 2.05) is 0 Å². The van der Waals surface area contributed by atoms with Crippen molar-refractivity contribution >= 4 is 10.1 Å². The van der Waals surface area contributed by atoms with E-state index in [0.717, 1.165) is 0 Å². The Morgan fingerprint density at radius 1 is 1.38 bits per heavy atom. The second-order valence-corrected chi connectivity index (χ2v) is 4.44. The molecule has 0 bridgehead atoms. The quantitative estimate of drug-likeness (QED) is 0.378. The molecule has 1 N–H and O–H groups in total. The van der Waals surface area contributed by atoms with Gasteiger partial charge in [-0.2, -0.15) is 0 Å². The second kappa shape index (κ2) is 5.06. The summed E-state index contributed by atoms with van der Waals surface area (Å²) in [5, 5.41) is 9.55. The van der Waals surface area contributed by atoms with E-state index in [4.69, 9.17) is 4.74 Å². The molecular weight excluding hydrogens is 207 g/mol. The Bertz CT molecular complexity index is 244. The zero-order valence-corrected chi connectivity index (χ0v) is 10.3. The van der Waals surface area contributed by atoms with Crippen LogP contribution in [0.2, 0.25) is 0 Å². The molecule has 72 valence electrons. The molecule has 1 aliphatic heterocycles. The maximum absolute atomic E-state index is 10.3. The number of hydrogen-bond donors (Lipinski definition) is 1. The molecule has 0 saturated carbocycles. The fourth-order valence-electron chi connectivity index (χ4n) is 1.22. The van der Waals surface area contributed by atoms with E-state index in [0.29, 0.717) is 13.2 Å². The molecule has 5 nitrogen and oxygen atoms in total. The minimum Gasteiger partial charge on any atom is -0.748 e. The van der Waals surface area contributed by atoms with Crippen molar-refractivity contribution in [1.29, 1.82) is 0 Å². The van der Waals surface area contributed by atoms with Crippen molar-refractivity contribution in [2.24, 2.45) is 0 Å². The Balaban J connectivity index is 0.00000144. The topological polar surface area (TPSA) is 86.7 Å². The molecule has 1 saturated heterocycles. The van der Waals surface area contributed by atoms with Gasteiger partial charge in [0.1, 0.15) is 0 Å². The second-order valence-electron chi connectivity index (χ2n) is 3.04. The Morgan fingerprint density at radius 2 is 1.85 bits per heavy atom. The van der Waals surface area contributed by atoms with Crippen molar-refractivity contribution < 1.29 is 52.4 Å². The summed E-state index contributed by atoms with van der Waals surface area (Å²) in [6.07, 6.45) is 0.433. The van der Waals surface area contributed by atoms with Crippen molar-refractivity contribution in [1.82, 2.24) is 0 Å². The van der Waals surface area contributed by atoms with Crippen LogP contribution in [-0.4, -0.2) is 42.6 Å². The standard InChI is InChI=1S/C6H12O5S.Na/c7-6(5-12(8,9)10)1-3-11-4-2-6;/h7H,1-5H2,(H,8,9,10);/q;+1/p-1. The van der Waals surface area contributed by atoms with Gasteiger partial charge in [0.2, 0.25) is 0 Å². The average molecular weight is 218 g/mol. The first-order valence-electron chi connectivity index (χ1n) is 3.65. The molecule has 1 aliphatic rings. The molecule has 1 heterocycles. The minimum absolute atomic E-state index is 0. The molecule has 0 radical (unpaired) electrons. The minimum atomic E-state index is -4.34. The van der Waals surface area contributed by atoms with Crippen LogP contribution >= 0.6 is 0 Å². The molecule has 13 heavy (non-hydrogen) atoms. The Morgan fingerprint density at radius 3 is 2.23 bits per heavy atom. The van der Waals surface area contributed by atoms with E-state index in [9.17, 15) is 18.1 Å². The molecule has 1 rings (SSSR count). The van der Waals surface area contributed by atoms with Crippen molar-refractivity contribution in [3.8, 4) is 0 Å². The zero-order valence-electron chi connectivity index (χ0n) is 7.52. The van der Waals surface area contributed by atoms with Crippen LogP contribution in [0.3, 0.4) is 0 Å². The molecule has 1 fully saturated rings. The first-order chi connectivity index (χ1) is 5.41. The maximum Gasteiger partial charge on any atom is 1.00 e. The number of hydrogen-bond acceptors (Lipinski definition) is 5. The molecule has 0 unspecified atom stereocenters. The van der Waals surface area contributed by atoms with Crippen molar-refractivity contribution in [3.05, 3.63) is 0 Å². The van der Waals surface area contributed by atoms with Crippen LogP contribution in [0, 0.1) is 0 Å². The van der Waals surface area contributed by atoms with Gasteiger partial charge in [-0.05, 0) is 0 Å². The molecule has 0 atom stereocenters. The van der Waals surface area contributed by atoms with E-state index in [1.165, 1.54) is 0 Å². The predicted octanol–water partition coefficient (Wildman–Crippen LogP) is -3.92. The molecule has 0 aromatic heterocycles. The fourth-order valence-corrected chi connectivity index (χ4v) is 2.17. The van der Waals surface area contributed by atoms with Gasteiger partial charge in [0.15, 0.2) is 0 Å². The third-order valence-corrected chi connectivity index (χ3v) is 2.76. The largest absolute Gasteiger partial charge is 1.00 e. The smallest absolute Gasteiger partial charge is 0.748 e. The summed E-state index contributed by atoms with van der Waals surface area (Å²) in [4.78, 5) is 0. The van der Waals surface area contributed by atoms with Crippen LogP contribution in [0.15, 0.2) is 0 Å². The van der Waals surface area contributed by atoms with E-state index in [2.05, 4.69) is 0 Å². The Labute approximate surface area is 99.5 Å². The fraction of sp³-hybridized carbons (Fsp3) is 1.00. The molecule has 7 heteroatoms. The molecule has 0 aromatic rings. The SMILES string of the molecule is O=S(=O)([O-])CC1(O)CCOCC1.[Na+]. The van der Waals surface area contributed by atoms with Crippen molar-refractivity contribution in [3.63, 3.8) is 0 Å². The van der Waals surface area contributed by atoms with Crippen LogP contribution in [-0.2, 0) is 14.9 Å². The normalized spacial score (nSPS) is 22.0. The molecular formula is C6H11NaO5S. The third-order valence-electron chi connectivity index (χ3n) is 1.87. The first-order valence-corrected chi connectivity index (χ1v) is 5.23. The molecule has 0 spiro atoms. The summed E-state index contributed by atoms with van der Waals surface area (Å²) in [6, 6.07) is 0. The van der Waals surface area contributed by atoms with Gasteiger partial charge in [0, 0.05) is 26.1 Å². The van der Waals surface area contributed by atoms with E-state index < -0.39 is 21.5 Å². The van der Waals surface area contributed by atoms with Crippen LogP contribution < -0.4 is 29.6 Å². The summed E-state index contributed by atoms with van der Waals surface area (Å²) in [6.45, 7) is 0.623. The number of rotatable bonds is 2. The summed E-state index contributed by atoms with van der Waals surface area (Å²) < 4.78 is 36.0. The van der Waals surface area contributed by atoms with Crippen LogP contribution in [0.1, 0.15) is 12.8 Å². The monoisotopic (exact) mass is 218 g/mol. The third kappa shape index (κ3) is 5.31. The molecule has 0 aromatic carbocycles. The van der Waals surface area contributed by atoms with Crippen LogP contribution in [0.25, 0.3) is 0 Å². The first kappa shape index (κ1) is 13.8. The summed E-state index contributed by atoms with van der Waals surface area (Å²) in [5.41, 5.74) is -1.36. The van der Waals surface area contributed by atoms with Crippen molar-refractivity contribution in [2.45, 2.75) is 18.4 Å². The van der Waals surface area contributed by atoms with Gasteiger partial charge in [-0.25, -0.2) is 8.42 Å². The van der Waals surface area contributed by atoms with Crippen LogP contribution in [0.4, 0.5) is 0 Å². The van der Waals surface area contributed by atoms with Gasteiger partial charge in [0.25, 0.3) is 0 Å². The van der Waals surface area contributed by atoms with Gasteiger partial charge in [-0.3, -0.25) is 0 Å². The Kier molecular flexibility index (Phi) is 5.39. The molecule has 0 aliphatic carbocycles. The van der Waals surface area contributed by atoms with Crippen LogP contribution in [0.5, 0.6) is 0 Å². The van der Waals surface area contributed by atoms with Gasteiger partial charge in [-0.1, -0.05) is 0 Å². The predicted molar refractivity (Wildman–Crippen MR) is 39.6 cm³/mol. The van der Waals surface area contributed by atoms with Gasteiger partial charge in [-0.15, -0.1) is 0 Å². The zero-order chi connectivity index (χ0) is 9.24. The summed E-state index contributed by atoms with van der Waals surface area (Å²) >= 11 is 0. The van der Waals surface area contributed by atoms with Gasteiger partial charge < -0.3 is 14.4 Å². The maximum atomic E-state index is 10.3. The van der Waals surface area contributed by atoms with Gasteiger partial charge in [0.05, 0.1) is 21.5 Å². The summed E-state index contributed by atoms with van der Waals surface area (Å²) in [7, 11) is -4.34. The van der Waals surface area contributed by atoms with Gasteiger partial charge >= 0.3 is 29.6 Å². The number of ether oxygens (including phenoxy) is 1.